The number of nitrogens with one attached hydrogen (secondary N) is 1. The molecule has 150 valence electrons. The molecule has 0 spiro atoms. The summed E-state index contributed by atoms with van der Waals surface area (Å²) in [6.45, 7) is 3.33. The first-order valence-electron chi connectivity index (χ1n) is 9.39. The average Bonchev–Trinajstić information content (AvgIpc) is 2.73. The topological polar surface area (TPSA) is 110 Å². The third kappa shape index (κ3) is 4.72. The summed E-state index contributed by atoms with van der Waals surface area (Å²) in [7, 11) is 0. The Balaban J connectivity index is 1.98. The first-order valence-corrected chi connectivity index (χ1v) is 9.39. The van der Waals surface area contributed by atoms with Crippen LogP contribution in [0.25, 0.3) is 11.5 Å². The second-order valence-corrected chi connectivity index (χ2v) is 6.56. The van der Waals surface area contributed by atoms with Crippen molar-refractivity contribution in [2.45, 2.75) is 33.2 Å². The molecular weight excluding hydrogens is 370 g/mol. The summed E-state index contributed by atoms with van der Waals surface area (Å²) in [6, 6.07) is 7.55. The van der Waals surface area contributed by atoms with E-state index in [1.54, 1.807) is 13.0 Å². The molecule has 0 radical (unpaired) electrons. The molecule has 3 rings (SSSR count). The number of aliphatic hydroxyl groups is 1. The van der Waals surface area contributed by atoms with Crippen LogP contribution in [0.2, 0.25) is 0 Å². The number of rotatable bonds is 7. The third-order valence-electron chi connectivity index (χ3n) is 4.54. The number of carbonyl (C=O) groups is 1. The fourth-order valence-electron chi connectivity index (χ4n) is 3.07. The summed E-state index contributed by atoms with van der Waals surface area (Å²) < 4.78 is 1.28. The second kappa shape index (κ2) is 9.20. The van der Waals surface area contributed by atoms with Crippen molar-refractivity contribution >= 4 is 11.6 Å². The number of hydrogen-bond acceptors (Lipinski definition) is 6. The molecular formula is C21H23N5O3. The Bertz CT molecular complexity index is 1060. The zero-order valence-corrected chi connectivity index (χ0v) is 16.4. The van der Waals surface area contributed by atoms with Crippen molar-refractivity contribution in [1.29, 1.82) is 0 Å². The predicted octanol–water partition coefficient (Wildman–Crippen LogP) is 1.74. The number of nitrogens with zero attached hydrogens (tertiary/aromatic N) is 4. The van der Waals surface area contributed by atoms with Crippen LogP contribution in [0.1, 0.15) is 23.7 Å². The van der Waals surface area contributed by atoms with Gasteiger partial charge in [-0.3, -0.25) is 19.1 Å². The Hall–Kier alpha value is -3.39. The van der Waals surface area contributed by atoms with E-state index in [0.717, 1.165) is 12.0 Å². The van der Waals surface area contributed by atoms with Gasteiger partial charge in [0.1, 0.15) is 12.2 Å². The van der Waals surface area contributed by atoms with Crippen molar-refractivity contribution in [3.05, 3.63) is 70.0 Å². The normalized spacial score (nSPS) is 10.7. The quantitative estimate of drug-likeness (QED) is 0.633. The van der Waals surface area contributed by atoms with Crippen molar-refractivity contribution in [2.75, 3.05) is 11.9 Å². The highest BCUT2D eigenvalue weighted by molar-refractivity contribution is 5.90. The molecule has 2 aromatic heterocycles. The van der Waals surface area contributed by atoms with Crippen LogP contribution in [-0.2, 0) is 24.2 Å². The molecule has 8 nitrogen and oxygen atoms in total. The summed E-state index contributed by atoms with van der Waals surface area (Å²) >= 11 is 0. The van der Waals surface area contributed by atoms with Crippen LogP contribution in [0, 0.1) is 6.92 Å². The van der Waals surface area contributed by atoms with E-state index < -0.39 is 0 Å². The first-order chi connectivity index (χ1) is 14.0. The van der Waals surface area contributed by atoms with Crippen molar-refractivity contribution < 1.29 is 9.90 Å². The molecule has 0 saturated heterocycles. The van der Waals surface area contributed by atoms with E-state index in [2.05, 4.69) is 20.3 Å². The Morgan fingerprint density at radius 1 is 1.28 bits per heavy atom. The monoisotopic (exact) mass is 393 g/mol. The maximum absolute atomic E-state index is 13.0. The minimum Gasteiger partial charge on any atom is -0.396 e. The molecule has 0 bridgehead atoms. The van der Waals surface area contributed by atoms with Gasteiger partial charge in [0.05, 0.1) is 6.20 Å². The van der Waals surface area contributed by atoms with Gasteiger partial charge in [0.2, 0.25) is 5.91 Å². The molecule has 0 unspecified atom stereocenters. The van der Waals surface area contributed by atoms with Gasteiger partial charge < -0.3 is 10.4 Å². The fraction of sp³-hybridized carbons (Fsp3) is 0.286. The standard InChI is InChI=1S/C21H23N5O3/c1-3-15-5-4-6-16(11-15)25-19(28)13-26-20(18-12-22-8-9-23-18)24-14(2)17(7-10-27)21(26)29/h4-6,8-9,11-12,27H,3,7,10,13H2,1-2H3,(H,25,28). The molecule has 0 saturated carbocycles. The molecule has 29 heavy (non-hydrogen) atoms. The van der Waals surface area contributed by atoms with Gasteiger partial charge in [-0.2, -0.15) is 0 Å². The minimum absolute atomic E-state index is 0.165. The largest absolute Gasteiger partial charge is 0.396 e. The van der Waals surface area contributed by atoms with E-state index in [9.17, 15) is 14.7 Å². The summed E-state index contributed by atoms with van der Waals surface area (Å²) in [6.07, 6.45) is 5.53. The van der Waals surface area contributed by atoms with Gasteiger partial charge in [-0.25, -0.2) is 9.97 Å². The zero-order valence-electron chi connectivity index (χ0n) is 16.4. The summed E-state index contributed by atoms with van der Waals surface area (Å²) in [4.78, 5) is 38.5. The number of aliphatic hydroxyl groups excluding tert-OH is 1. The van der Waals surface area contributed by atoms with E-state index >= 15 is 0 Å². The average molecular weight is 393 g/mol. The number of amides is 1. The van der Waals surface area contributed by atoms with Crippen molar-refractivity contribution in [3.8, 4) is 11.5 Å². The van der Waals surface area contributed by atoms with Crippen LogP contribution >= 0.6 is 0 Å². The predicted molar refractivity (Wildman–Crippen MR) is 109 cm³/mol. The minimum atomic E-state index is -0.371. The third-order valence-corrected chi connectivity index (χ3v) is 4.54. The maximum Gasteiger partial charge on any atom is 0.257 e. The lowest BCUT2D eigenvalue weighted by Gasteiger charge is -2.15. The van der Waals surface area contributed by atoms with Gasteiger partial charge in [0.25, 0.3) is 5.56 Å². The molecule has 8 heteroatoms. The van der Waals surface area contributed by atoms with Crippen LogP contribution in [-0.4, -0.2) is 37.1 Å². The van der Waals surface area contributed by atoms with Gasteiger partial charge in [-0.15, -0.1) is 0 Å². The molecule has 1 amide bonds. The summed E-state index contributed by atoms with van der Waals surface area (Å²) in [5, 5.41) is 12.1. The number of aryl methyl sites for hydroxylation is 2. The Labute approximate surface area is 168 Å². The van der Waals surface area contributed by atoms with Crippen molar-refractivity contribution in [3.63, 3.8) is 0 Å². The highest BCUT2D eigenvalue weighted by Gasteiger charge is 2.18. The molecule has 1 aromatic carbocycles. The van der Waals surface area contributed by atoms with Crippen LogP contribution in [0.15, 0.2) is 47.7 Å². The number of anilines is 1. The molecule has 2 heterocycles. The Kier molecular flexibility index (Phi) is 6.46. The van der Waals surface area contributed by atoms with E-state index in [0.29, 0.717) is 22.6 Å². The summed E-state index contributed by atoms with van der Waals surface area (Å²) in [5.41, 5.74) is 2.66. The lowest BCUT2D eigenvalue weighted by molar-refractivity contribution is -0.116. The molecule has 2 N–H and O–H groups in total. The number of benzene rings is 1. The number of aromatic nitrogens is 4. The second-order valence-electron chi connectivity index (χ2n) is 6.56. The Morgan fingerprint density at radius 2 is 2.10 bits per heavy atom. The van der Waals surface area contributed by atoms with Gasteiger partial charge in [-0.1, -0.05) is 19.1 Å². The van der Waals surface area contributed by atoms with Gasteiger partial charge >= 0.3 is 0 Å². The number of carbonyl (C=O) groups excluding carboxylic acids is 1. The lowest BCUT2D eigenvalue weighted by atomic mass is 10.1. The van der Waals surface area contributed by atoms with Crippen LogP contribution in [0.4, 0.5) is 5.69 Å². The number of hydrogen-bond donors (Lipinski definition) is 2. The molecule has 0 atom stereocenters. The van der Waals surface area contributed by atoms with Gasteiger partial charge in [-0.05, 0) is 31.0 Å². The SMILES string of the molecule is CCc1cccc(NC(=O)Cn2c(-c3cnccn3)nc(C)c(CCO)c2=O)c1. The van der Waals surface area contributed by atoms with E-state index in [4.69, 9.17) is 0 Å². The van der Waals surface area contributed by atoms with E-state index in [1.165, 1.54) is 23.2 Å². The van der Waals surface area contributed by atoms with E-state index in [-0.39, 0.29) is 36.9 Å². The van der Waals surface area contributed by atoms with Gasteiger partial charge in [0.15, 0.2) is 5.82 Å². The molecule has 0 aliphatic heterocycles. The molecule has 3 aromatic rings. The molecule has 0 fully saturated rings. The van der Waals surface area contributed by atoms with E-state index in [1.807, 2.05) is 25.1 Å². The van der Waals surface area contributed by atoms with Crippen molar-refractivity contribution in [1.82, 2.24) is 19.5 Å². The molecule has 0 aliphatic carbocycles. The smallest absolute Gasteiger partial charge is 0.257 e. The maximum atomic E-state index is 13.0. The highest BCUT2D eigenvalue weighted by atomic mass is 16.3. The van der Waals surface area contributed by atoms with Crippen molar-refractivity contribution in [2.24, 2.45) is 0 Å². The zero-order chi connectivity index (χ0) is 20.8. The first kappa shape index (κ1) is 20.3. The fourth-order valence-corrected chi connectivity index (χ4v) is 3.07. The van der Waals surface area contributed by atoms with Crippen LogP contribution in [0.5, 0.6) is 0 Å². The van der Waals surface area contributed by atoms with Gasteiger partial charge in [0, 0.05) is 42.4 Å². The highest BCUT2D eigenvalue weighted by Crippen LogP contribution is 2.15. The van der Waals surface area contributed by atoms with Crippen LogP contribution in [0.3, 0.4) is 0 Å². The Morgan fingerprint density at radius 3 is 2.79 bits per heavy atom. The molecule has 0 aliphatic rings. The lowest BCUT2D eigenvalue weighted by Crippen LogP contribution is -2.33. The van der Waals surface area contributed by atoms with Crippen LogP contribution < -0.4 is 10.9 Å². The summed E-state index contributed by atoms with van der Waals surface area (Å²) in [5.74, 6) is -0.0918.